The molecule has 8 atom stereocenters. The minimum Gasteiger partial charge on any atom is -0.489 e. The Labute approximate surface area is 767 Å². The first-order chi connectivity index (χ1) is 61.6. The summed E-state index contributed by atoms with van der Waals surface area (Å²) in [5, 5.41) is 52.2. The van der Waals surface area contributed by atoms with Gasteiger partial charge in [-0.1, -0.05) is 60.7 Å². The van der Waals surface area contributed by atoms with Gasteiger partial charge in [-0.05, 0) is 239 Å². The van der Waals surface area contributed by atoms with Gasteiger partial charge >= 0.3 is 15.5 Å². The van der Waals surface area contributed by atoms with Gasteiger partial charge in [0.05, 0.1) is 94.2 Å². The molecular formula is C94H93F3N20O8S5. The smallest absolute Gasteiger partial charge is 0.489 e. The fourth-order valence-electron chi connectivity index (χ4n) is 16.7. The number of sulfonamides is 1. The maximum absolute atomic E-state index is 13.4. The number of guanidine groups is 4. The number of aliphatic imine (C=N–C) groups is 4. The number of carbonyl (C=O) groups excluding carboxylic acids is 4. The maximum Gasteiger partial charge on any atom is 0.511 e. The minimum atomic E-state index is -5.43. The molecule has 1 aliphatic carbocycles. The number of hydrogen-bond acceptors (Lipinski definition) is 27. The number of hydrogen-bond donors (Lipinski definition) is 4. The SMILES string of the molecule is CC(C)Oc1ccc([C@@H]2C(=O)N(C)C(N)=N[C@]2(C)c2cc(-c3cccc(C#N)c3)cs2)nc1.CC(C)Oc1ccc([C@H]2C(=O)N(C)C(N)=N[C@]2(C)c2cc(-c3cccc(C#N)c3)cs2)nc1.CN1C(=O)[C@@H](c2ccc(C3(C#N)CC3)cc2)[C@@](C)(c2ccc(C#N)s2)N=C1N.CN1C(=O)[C@H](C2CCN(S(=O)(=O)C(F)(F)F)CC2)[C@@](C)(c2cc(-c3cccc(C#N)c3)cs2)N=C1N. The first-order valence-electron chi connectivity index (χ1n) is 41.2. The van der Waals surface area contributed by atoms with Crippen molar-refractivity contribution in [1.82, 2.24) is 33.9 Å². The van der Waals surface area contributed by atoms with Gasteiger partial charge in [0, 0.05) is 60.8 Å². The summed E-state index contributed by atoms with van der Waals surface area (Å²) in [5.74, 6) is -2.02. The quantitative estimate of drug-likeness (QED) is 0.0658. The van der Waals surface area contributed by atoms with Crippen LogP contribution < -0.4 is 32.4 Å². The number of nitriles is 5. The summed E-state index contributed by atoms with van der Waals surface area (Å²) in [6.45, 7) is 14.6. The Bertz CT molecular complexity index is 6300. The van der Waals surface area contributed by atoms with Crippen LogP contribution in [0.2, 0.25) is 0 Å². The van der Waals surface area contributed by atoms with Crippen LogP contribution in [0.1, 0.15) is 162 Å². The second-order valence-electron chi connectivity index (χ2n) is 33.5. The average Bonchev–Trinajstić information content (AvgIpc) is 0.999. The van der Waals surface area contributed by atoms with Crippen molar-refractivity contribution in [2.75, 3.05) is 41.3 Å². The third-order valence-electron chi connectivity index (χ3n) is 24.1. The van der Waals surface area contributed by atoms with E-state index < -0.39 is 67.3 Å². The number of pyridine rings is 2. The summed E-state index contributed by atoms with van der Waals surface area (Å²) in [7, 11) is 0.921. The predicted octanol–water partition coefficient (Wildman–Crippen LogP) is 14.9. The first kappa shape index (κ1) is 94.1. The van der Waals surface area contributed by atoms with Gasteiger partial charge in [0.1, 0.15) is 56.4 Å². The number of thiophene rings is 4. The van der Waals surface area contributed by atoms with Crippen molar-refractivity contribution in [3.8, 4) is 75.2 Å². The van der Waals surface area contributed by atoms with Crippen LogP contribution in [0.3, 0.4) is 0 Å². The van der Waals surface area contributed by atoms with E-state index in [0.29, 0.717) is 48.8 Å². The molecule has 1 saturated carbocycles. The molecule has 36 heteroatoms. The molecule has 0 unspecified atom stereocenters. The lowest BCUT2D eigenvalue weighted by molar-refractivity contribution is -0.137. The number of rotatable bonds is 17. The van der Waals surface area contributed by atoms with Crippen molar-refractivity contribution in [2.45, 2.75) is 144 Å². The number of halogens is 3. The van der Waals surface area contributed by atoms with Crippen LogP contribution in [-0.2, 0) is 56.8 Å². The third-order valence-corrected chi connectivity index (χ3v) is 30.4. The number of ether oxygens (including phenoxy) is 2. The van der Waals surface area contributed by atoms with Gasteiger partial charge < -0.3 is 32.4 Å². The number of nitrogens with zero attached hydrogens (tertiary/aromatic N) is 16. The molecule has 16 rings (SSSR count). The van der Waals surface area contributed by atoms with Gasteiger partial charge in [0.2, 0.25) is 23.6 Å². The summed E-state index contributed by atoms with van der Waals surface area (Å²) >= 11 is 5.72. The molecule has 1 saturated heterocycles. The molecule has 5 aliphatic heterocycles. The molecule has 2 fully saturated rings. The van der Waals surface area contributed by atoms with Crippen molar-refractivity contribution >= 4 is 103 Å². The third kappa shape index (κ3) is 18.6. The highest BCUT2D eigenvalue weighted by Gasteiger charge is 2.57. The van der Waals surface area contributed by atoms with E-state index in [-0.39, 0.29) is 91.0 Å². The fraction of sp³-hybridized carbons (Fsp3) is 0.330. The highest BCUT2D eigenvalue weighted by molar-refractivity contribution is 7.90. The van der Waals surface area contributed by atoms with Crippen molar-refractivity contribution in [1.29, 1.82) is 26.3 Å². The number of alkyl halides is 3. The monoisotopic (exact) mass is 1850 g/mol. The molecule has 4 amide bonds. The van der Waals surface area contributed by atoms with Crippen LogP contribution >= 0.6 is 45.3 Å². The van der Waals surface area contributed by atoms with Crippen LogP contribution in [0, 0.1) is 68.5 Å². The summed E-state index contributed by atoms with van der Waals surface area (Å²) in [4.78, 5) is 90.7. The standard InChI is InChI=1S/2C25H25N5O2S.C23H24F3N5O3S2.C21H19N5OS/c2*1-15(2)32-19-8-9-20(28-13-19)22-23(31)30(4)24(27)29-25(22,3)21-11-18(14-33-21)17-7-5-6-16(10-17)12-26;1-22(18-11-17(13-35-18)16-5-3-4-14(10-16)12-27)19(20(32)30(2)21(28)29-22)15-6-8-31(9-7-15)36(33,34)23(24,25)26;1-20(16-8-7-15(11-22)28-16)17(18(27)26(2)19(24)25-20)13-3-5-14(6-4-13)21(12-23)9-10-21/h2*5-11,13-15,22H,1-4H3,(H2,27,29);3-5,10-11,13,15,19H,6-9H2,1-2H3,(H2,28,29);3-8,17H,9-10H2,1-2H3,(H2,24,25)/t22-,25+;22-,25-;19-,22+;17-,20-/m0101/s1. The van der Waals surface area contributed by atoms with E-state index in [0.717, 1.165) is 76.9 Å². The van der Waals surface area contributed by atoms with Gasteiger partial charge in [-0.25, -0.2) is 28.4 Å². The van der Waals surface area contributed by atoms with Gasteiger partial charge in [-0.2, -0.15) is 43.8 Å². The zero-order valence-corrected chi connectivity index (χ0v) is 77.1. The molecule has 10 aromatic rings. The Hall–Kier alpha value is -13.5. The lowest BCUT2D eigenvalue weighted by atomic mass is 9.71. The Kier molecular flexibility index (Phi) is 27.0. The number of benzene rings is 4. The van der Waals surface area contributed by atoms with E-state index >= 15 is 0 Å². The summed E-state index contributed by atoms with van der Waals surface area (Å²) in [6, 6.07) is 57.4. The highest BCUT2D eigenvalue weighted by atomic mass is 32.2. The van der Waals surface area contributed by atoms with E-state index in [1.165, 1.54) is 72.0 Å². The molecule has 4 aromatic carbocycles. The molecule has 130 heavy (non-hydrogen) atoms. The Morgan fingerprint density at radius 2 is 0.846 bits per heavy atom. The summed E-state index contributed by atoms with van der Waals surface area (Å²) in [6.07, 6.45) is 5.23. The fourth-order valence-corrected chi connectivity index (χ4v) is 21.8. The van der Waals surface area contributed by atoms with Crippen LogP contribution in [0.25, 0.3) is 33.4 Å². The number of aromatic nitrogens is 2. The van der Waals surface area contributed by atoms with Crippen molar-refractivity contribution in [3.63, 3.8) is 0 Å². The lowest BCUT2D eigenvalue weighted by Crippen LogP contribution is -2.57. The van der Waals surface area contributed by atoms with Gasteiger partial charge in [-0.3, -0.25) is 48.7 Å². The maximum atomic E-state index is 13.4. The van der Waals surface area contributed by atoms with Crippen LogP contribution in [-0.4, -0.2) is 149 Å². The Balaban J connectivity index is 0.000000148. The van der Waals surface area contributed by atoms with Crippen molar-refractivity contribution < 1.29 is 50.2 Å². The van der Waals surface area contributed by atoms with Crippen molar-refractivity contribution in [2.24, 2.45) is 54.7 Å². The summed E-state index contributed by atoms with van der Waals surface area (Å²) < 4.78 is 74.6. The predicted molar refractivity (Wildman–Crippen MR) is 493 cm³/mol. The molecule has 0 spiro atoms. The summed E-state index contributed by atoms with van der Waals surface area (Å²) in [5.41, 5.74) is 24.9. The molecular weight excluding hydrogens is 1750 g/mol. The zero-order valence-electron chi connectivity index (χ0n) is 73.0. The molecule has 6 aliphatic rings. The Morgan fingerprint density at radius 1 is 0.469 bits per heavy atom. The second-order valence-corrected chi connectivity index (χ2v) is 39.2. The normalized spacial score (nSPS) is 22.7. The van der Waals surface area contributed by atoms with Crippen LogP contribution in [0.4, 0.5) is 13.2 Å². The number of piperidine rings is 1. The highest BCUT2D eigenvalue weighted by Crippen LogP contribution is 2.54. The van der Waals surface area contributed by atoms with E-state index in [2.05, 4.69) is 50.3 Å². The minimum absolute atomic E-state index is 0.0252. The van der Waals surface area contributed by atoms with E-state index in [4.69, 9.17) is 42.4 Å². The molecule has 28 nitrogen and oxygen atoms in total. The van der Waals surface area contributed by atoms with Crippen molar-refractivity contribution in [3.05, 3.63) is 244 Å². The van der Waals surface area contributed by atoms with Gasteiger partial charge in [0.15, 0.2) is 23.8 Å². The average molecular weight is 1850 g/mol. The van der Waals surface area contributed by atoms with Gasteiger partial charge in [0.25, 0.3) is 0 Å². The molecule has 0 radical (unpaired) electrons. The lowest BCUT2D eigenvalue weighted by Gasteiger charge is -2.45. The van der Waals surface area contributed by atoms with Crippen LogP contribution in [0.15, 0.2) is 200 Å². The molecule has 6 aromatic heterocycles. The first-order valence-corrected chi connectivity index (χ1v) is 46.1. The van der Waals surface area contributed by atoms with E-state index in [1.807, 2.05) is 180 Å². The Morgan fingerprint density at radius 3 is 1.19 bits per heavy atom. The van der Waals surface area contributed by atoms with E-state index in [1.54, 1.807) is 76.9 Å². The largest absolute Gasteiger partial charge is 0.511 e. The number of likely N-dealkylation sites (N-methyl/N-ethyl adjacent to an activating group) is 3. The topological polar surface area (TPSA) is 435 Å². The number of amides is 4. The number of carbonyl (C=O) groups is 4. The molecule has 8 N–H and O–H groups in total. The van der Waals surface area contributed by atoms with E-state index in [9.17, 15) is 67.1 Å². The molecule has 11 heterocycles. The number of nitrogens with two attached hydrogens (primary N) is 4. The molecule has 668 valence electrons. The zero-order chi connectivity index (χ0) is 94.1. The molecule has 0 bridgehead atoms. The van der Waals surface area contributed by atoms with Crippen LogP contribution in [0.5, 0.6) is 11.5 Å². The van der Waals surface area contributed by atoms with Gasteiger partial charge in [-0.15, -0.1) is 45.3 Å². The second kappa shape index (κ2) is 37.3.